The number of nitrogens with one attached hydrogen (secondary N) is 1. The van der Waals surface area contributed by atoms with Gasteiger partial charge in [0.05, 0.1) is 16.6 Å². The SMILES string of the molecule is NC1(c2noc(-c3cc(=O)[nH]c4c(Br)cccc34)n2)CCC1. The van der Waals surface area contributed by atoms with E-state index in [-0.39, 0.29) is 5.56 Å². The van der Waals surface area contributed by atoms with Gasteiger partial charge in [0.1, 0.15) is 0 Å². The molecule has 2 aromatic heterocycles. The lowest BCUT2D eigenvalue weighted by Crippen LogP contribution is -2.44. The highest BCUT2D eigenvalue weighted by Crippen LogP contribution is 2.38. The molecule has 0 unspecified atom stereocenters. The summed E-state index contributed by atoms with van der Waals surface area (Å²) in [6.45, 7) is 0. The second-order valence-electron chi connectivity index (χ2n) is 5.64. The summed E-state index contributed by atoms with van der Waals surface area (Å²) in [5.41, 5.74) is 6.83. The van der Waals surface area contributed by atoms with E-state index in [0.29, 0.717) is 22.8 Å². The number of aromatic nitrogens is 3. The molecule has 1 aromatic carbocycles. The number of nitrogens with zero attached hydrogens (tertiary/aromatic N) is 2. The Morgan fingerprint density at radius 1 is 1.36 bits per heavy atom. The monoisotopic (exact) mass is 360 g/mol. The van der Waals surface area contributed by atoms with Crippen LogP contribution >= 0.6 is 15.9 Å². The topological polar surface area (TPSA) is 97.8 Å². The van der Waals surface area contributed by atoms with Crippen molar-refractivity contribution >= 4 is 26.8 Å². The number of nitrogens with two attached hydrogens (primary N) is 1. The largest absolute Gasteiger partial charge is 0.334 e. The number of para-hydroxylation sites is 1. The zero-order chi connectivity index (χ0) is 15.3. The van der Waals surface area contributed by atoms with Crippen molar-refractivity contribution in [1.82, 2.24) is 15.1 Å². The molecule has 0 atom stereocenters. The second kappa shape index (κ2) is 4.76. The average molecular weight is 361 g/mol. The van der Waals surface area contributed by atoms with E-state index in [1.54, 1.807) is 0 Å². The first-order valence-electron chi connectivity index (χ1n) is 7.02. The van der Waals surface area contributed by atoms with Crippen LogP contribution in [-0.4, -0.2) is 15.1 Å². The van der Waals surface area contributed by atoms with Gasteiger partial charge < -0.3 is 15.2 Å². The summed E-state index contributed by atoms with van der Waals surface area (Å²) in [5, 5.41) is 4.85. The standard InChI is InChI=1S/C15H13BrN4O2/c16-10-4-1-3-8-9(7-11(21)18-12(8)10)13-19-14(20-22-13)15(17)5-2-6-15/h1,3-4,7H,2,5-6,17H2,(H,18,21). The number of aromatic amines is 1. The first-order valence-corrected chi connectivity index (χ1v) is 7.81. The zero-order valence-electron chi connectivity index (χ0n) is 11.6. The minimum atomic E-state index is -0.487. The highest BCUT2D eigenvalue weighted by Gasteiger charge is 2.39. The normalized spacial score (nSPS) is 16.6. The molecule has 1 saturated carbocycles. The van der Waals surface area contributed by atoms with Crippen LogP contribution in [0.15, 0.2) is 38.1 Å². The van der Waals surface area contributed by atoms with Gasteiger partial charge in [-0.2, -0.15) is 4.98 Å². The Balaban J connectivity index is 1.91. The lowest BCUT2D eigenvalue weighted by Gasteiger charge is -2.34. The Morgan fingerprint density at radius 2 is 2.18 bits per heavy atom. The van der Waals surface area contributed by atoms with Crippen LogP contribution in [0.2, 0.25) is 0 Å². The van der Waals surface area contributed by atoms with E-state index in [1.807, 2.05) is 18.2 Å². The number of fused-ring (bicyclic) bond motifs is 1. The van der Waals surface area contributed by atoms with Crippen LogP contribution in [-0.2, 0) is 5.54 Å². The molecule has 3 N–H and O–H groups in total. The van der Waals surface area contributed by atoms with E-state index in [0.717, 1.165) is 29.1 Å². The minimum Gasteiger partial charge on any atom is -0.334 e. The van der Waals surface area contributed by atoms with Gasteiger partial charge in [0.25, 0.3) is 5.89 Å². The van der Waals surface area contributed by atoms with Crippen molar-refractivity contribution < 1.29 is 4.52 Å². The summed E-state index contributed by atoms with van der Waals surface area (Å²) in [6, 6.07) is 7.12. The Kier molecular flexibility index (Phi) is 2.95. The maximum atomic E-state index is 11.9. The molecular weight excluding hydrogens is 348 g/mol. The number of halogens is 1. The van der Waals surface area contributed by atoms with Crippen molar-refractivity contribution in [2.45, 2.75) is 24.8 Å². The molecule has 0 amide bonds. The van der Waals surface area contributed by atoms with Crippen LogP contribution in [0.1, 0.15) is 25.1 Å². The molecule has 7 heteroatoms. The Morgan fingerprint density at radius 3 is 2.91 bits per heavy atom. The lowest BCUT2D eigenvalue weighted by atomic mass is 9.77. The zero-order valence-corrected chi connectivity index (χ0v) is 13.2. The van der Waals surface area contributed by atoms with Crippen molar-refractivity contribution in [2.75, 3.05) is 0 Å². The molecule has 4 rings (SSSR count). The van der Waals surface area contributed by atoms with Gasteiger partial charge in [-0.1, -0.05) is 17.3 Å². The van der Waals surface area contributed by atoms with Gasteiger partial charge >= 0.3 is 0 Å². The van der Waals surface area contributed by atoms with Gasteiger partial charge in [-0.25, -0.2) is 0 Å². The summed E-state index contributed by atoms with van der Waals surface area (Å²) in [6.07, 6.45) is 2.78. The van der Waals surface area contributed by atoms with E-state index in [9.17, 15) is 4.79 Å². The van der Waals surface area contributed by atoms with Gasteiger partial charge in [-0.05, 0) is 41.3 Å². The molecule has 22 heavy (non-hydrogen) atoms. The lowest BCUT2D eigenvalue weighted by molar-refractivity contribution is 0.229. The number of hydrogen-bond donors (Lipinski definition) is 2. The number of rotatable bonds is 2. The van der Waals surface area contributed by atoms with Gasteiger partial charge in [-0.15, -0.1) is 0 Å². The van der Waals surface area contributed by atoms with Crippen molar-refractivity contribution in [3.63, 3.8) is 0 Å². The summed E-state index contributed by atoms with van der Waals surface area (Å²) < 4.78 is 6.17. The van der Waals surface area contributed by atoms with Crippen molar-refractivity contribution in [1.29, 1.82) is 0 Å². The first kappa shape index (κ1) is 13.7. The van der Waals surface area contributed by atoms with Crippen LogP contribution in [0.3, 0.4) is 0 Å². The molecule has 112 valence electrons. The van der Waals surface area contributed by atoms with E-state index >= 15 is 0 Å². The van der Waals surface area contributed by atoms with Crippen LogP contribution in [0, 0.1) is 0 Å². The molecule has 1 aliphatic carbocycles. The molecule has 0 radical (unpaired) electrons. The van der Waals surface area contributed by atoms with Crippen LogP contribution in [0.25, 0.3) is 22.4 Å². The molecule has 1 fully saturated rings. The van der Waals surface area contributed by atoms with Crippen molar-refractivity contribution in [3.8, 4) is 11.5 Å². The molecule has 0 aliphatic heterocycles. The fourth-order valence-electron chi connectivity index (χ4n) is 2.74. The predicted molar refractivity (Wildman–Crippen MR) is 85.3 cm³/mol. The number of H-pyrrole nitrogens is 1. The highest BCUT2D eigenvalue weighted by molar-refractivity contribution is 9.10. The number of benzene rings is 1. The average Bonchev–Trinajstić information content (AvgIpc) is 2.95. The van der Waals surface area contributed by atoms with Crippen molar-refractivity contribution in [3.05, 3.63) is 44.9 Å². The third-order valence-corrected chi connectivity index (χ3v) is 4.84. The summed E-state index contributed by atoms with van der Waals surface area (Å²) >= 11 is 3.44. The van der Waals surface area contributed by atoms with Gasteiger partial charge in [0.15, 0.2) is 5.82 Å². The van der Waals surface area contributed by atoms with Gasteiger partial charge in [-0.3, -0.25) is 4.79 Å². The summed E-state index contributed by atoms with van der Waals surface area (Å²) in [5.74, 6) is 0.832. The minimum absolute atomic E-state index is 0.222. The Labute approximate surface area is 133 Å². The predicted octanol–water partition coefficient (Wildman–Crippen LogP) is 2.68. The van der Waals surface area contributed by atoms with Crippen LogP contribution in [0.5, 0.6) is 0 Å². The number of hydrogen-bond acceptors (Lipinski definition) is 5. The van der Waals surface area contributed by atoms with Gasteiger partial charge in [0.2, 0.25) is 5.56 Å². The van der Waals surface area contributed by atoms with Crippen LogP contribution < -0.4 is 11.3 Å². The maximum Gasteiger partial charge on any atom is 0.258 e. The van der Waals surface area contributed by atoms with Crippen LogP contribution in [0.4, 0.5) is 0 Å². The third kappa shape index (κ3) is 2.00. The maximum absolute atomic E-state index is 11.9. The second-order valence-corrected chi connectivity index (χ2v) is 6.50. The van der Waals surface area contributed by atoms with E-state index in [2.05, 4.69) is 31.1 Å². The Bertz CT molecular complexity index is 927. The molecule has 0 saturated heterocycles. The molecule has 0 spiro atoms. The third-order valence-electron chi connectivity index (χ3n) is 4.17. The molecule has 3 aromatic rings. The summed E-state index contributed by atoms with van der Waals surface area (Å²) in [4.78, 5) is 19.1. The molecule has 6 nitrogen and oxygen atoms in total. The molecule has 0 bridgehead atoms. The van der Waals surface area contributed by atoms with Gasteiger partial charge in [0, 0.05) is 15.9 Å². The fourth-order valence-corrected chi connectivity index (χ4v) is 3.20. The summed E-state index contributed by atoms with van der Waals surface area (Å²) in [7, 11) is 0. The highest BCUT2D eigenvalue weighted by atomic mass is 79.9. The fraction of sp³-hybridized carbons (Fsp3) is 0.267. The molecule has 1 aliphatic rings. The smallest absolute Gasteiger partial charge is 0.258 e. The molecule has 2 heterocycles. The quantitative estimate of drug-likeness (QED) is 0.731. The first-order chi connectivity index (χ1) is 10.6. The van der Waals surface area contributed by atoms with E-state index in [4.69, 9.17) is 10.3 Å². The van der Waals surface area contributed by atoms with Crippen molar-refractivity contribution in [2.24, 2.45) is 5.73 Å². The van der Waals surface area contributed by atoms with E-state index in [1.165, 1.54) is 6.07 Å². The molecular formula is C15H13BrN4O2. The van der Waals surface area contributed by atoms with E-state index < -0.39 is 5.54 Å². The number of pyridine rings is 1. The Hall–Kier alpha value is -1.99.